The molecule has 1 aromatic heterocycles. The number of aromatic carboxylic acids is 1. The molecule has 0 saturated carbocycles. The summed E-state index contributed by atoms with van der Waals surface area (Å²) in [5.74, 6) is -0.218. The third kappa shape index (κ3) is 3.70. The fraction of sp³-hybridized carbons (Fsp3) is 0.143. The monoisotopic (exact) mass is 259 g/mol. The topological polar surface area (TPSA) is 68.7 Å². The Labute approximate surface area is 110 Å². The van der Waals surface area contributed by atoms with Crippen LogP contribution in [0, 0.1) is 0 Å². The number of nitrogens with zero attached hydrogens (tertiary/aromatic N) is 1. The van der Waals surface area contributed by atoms with Gasteiger partial charge in [-0.1, -0.05) is 18.2 Å². The number of pyridine rings is 1. The van der Waals surface area contributed by atoms with Crippen LogP contribution in [0.15, 0.2) is 48.7 Å². The summed E-state index contributed by atoms with van der Waals surface area (Å²) >= 11 is 0. The largest absolute Gasteiger partial charge is 0.490 e. The Kier molecular flexibility index (Phi) is 4.34. The lowest BCUT2D eigenvalue weighted by Gasteiger charge is -2.09. The first-order valence-corrected chi connectivity index (χ1v) is 5.76. The van der Waals surface area contributed by atoms with Crippen molar-refractivity contribution in [3.05, 3.63) is 54.2 Å². The van der Waals surface area contributed by atoms with Crippen molar-refractivity contribution in [1.29, 1.82) is 0 Å². The van der Waals surface area contributed by atoms with E-state index >= 15 is 0 Å². The van der Waals surface area contributed by atoms with E-state index in [9.17, 15) is 4.79 Å². The van der Waals surface area contributed by atoms with Crippen LogP contribution in [0.25, 0.3) is 0 Å². The average molecular weight is 259 g/mol. The lowest BCUT2D eigenvalue weighted by atomic mass is 10.3. The smallest absolute Gasteiger partial charge is 0.341 e. The molecule has 0 radical (unpaired) electrons. The Morgan fingerprint density at radius 1 is 1.05 bits per heavy atom. The Balaban J connectivity index is 1.85. The van der Waals surface area contributed by atoms with E-state index in [0.29, 0.717) is 6.61 Å². The molecule has 2 rings (SSSR count). The molecule has 1 aromatic carbocycles. The summed E-state index contributed by atoms with van der Waals surface area (Å²) in [6.07, 6.45) is 1.49. The van der Waals surface area contributed by atoms with Gasteiger partial charge in [-0.05, 0) is 24.3 Å². The molecule has 98 valence electrons. The van der Waals surface area contributed by atoms with Gasteiger partial charge in [0.05, 0.1) is 0 Å². The Morgan fingerprint density at radius 2 is 1.79 bits per heavy atom. The van der Waals surface area contributed by atoms with E-state index in [1.165, 1.54) is 12.3 Å². The molecule has 0 amide bonds. The second-order valence-corrected chi connectivity index (χ2v) is 3.67. The van der Waals surface area contributed by atoms with Crippen LogP contribution in [-0.2, 0) is 0 Å². The maximum atomic E-state index is 10.9. The molecule has 0 saturated heterocycles. The SMILES string of the molecule is O=C(O)c1cccnc1OCCOc1ccccc1. The summed E-state index contributed by atoms with van der Waals surface area (Å²) < 4.78 is 10.7. The van der Waals surface area contributed by atoms with E-state index < -0.39 is 5.97 Å². The van der Waals surface area contributed by atoms with Gasteiger partial charge in [-0.25, -0.2) is 9.78 Å². The van der Waals surface area contributed by atoms with Crippen LogP contribution >= 0.6 is 0 Å². The van der Waals surface area contributed by atoms with Crippen LogP contribution in [0.4, 0.5) is 0 Å². The fourth-order valence-corrected chi connectivity index (χ4v) is 1.48. The molecular weight excluding hydrogens is 246 g/mol. The highest BCUT2D eigenvalue weighted by Crippen LogP contribution is 2.14. The normalized spacial score (nSPS) is 9.89. The summed E-state index contributed by atoms with van der Waals surface area (Å²) in [5, 5.41) is 8.95. The molecule has 5 heteroatoms. The molecule has 5 nitrogen and oxygen atoms in total. The zero-order valence-corrected chi connectivity index (χ0v) is 10.2. The van der Waals surface area contributed by atoms with Crippen molar-refractivity contribution >= 4 is 5.97 Å². The van der Waals surface area contributed by atoms with Crippen molar-refractivity contribution < 1.29 is 19.4 Å². The maximum Gasteiger partial charge on any atom is 0.341 e. The van der Waals surface area contributed by atoms with Crippen LogP contribution in [0.1, 0.15) is 10.4 Å². The quantitative estimate of drug-likeness (QED) is 0.806. The zero-order chi connectivity index (χ0) is 13.5. The first-order chi connectivity index (χ1) is 9.27. The van der Waals surface area contributed by atoms with Gasteiger partial charge in [0.2, 0.25) is 5.88 Å². The minimum Gasteiger partial charge on any atom is -0.490 e. The van der Waals surface area contributed by atoms with Gasteiger partial charge >= 0.3 is 5.97 Å². The molecule has 0 fully saturated rings. The number of rotatable bonds is 6. The van der Waals surface area contributed by atoms with Crippen molar-refractivity contribution in [2.75, 3.05) is 13.2 Å². The van der Waals surface area contributed by atoms with E-state index in [1.807, 2.05) is 30.3 Å². The summed E-state index contributed by atoms with van der Waals surface area (Å²) in [4.78, 5) is 14.8. The highest BCUT2D eigenvalue weighted by atomic mass is 16.5. The number of carbonyl (C=O) groups is 1. The van der Waals surface area contributed by atoms with E-state index in [0.717, 1.165) is 5.75 Å². The molecule has 0 aliphatic heterocycles. The van der Waals surface area contributed by atoms with Crippen LogP contribution < -0.4 is 9.47 Å². The van der Waals surface area contributed by atoms with E-state index in [-0.39, 0.29) is 18.1 Å². The van der Waals surface area contributed by atoms with Crippen molar-refractivity contribution in [3.8, 4) is 11.6 Å². The molecule has 2 aromatic rings. The van der Waals surface area contributed by atoms with Crippen LogP contribution in [0.2, 0.25) is 0 Å². The van der Waals surface area contributed by atoms with Gasteiger partial charge in [0.15, 0.2) is 0 Å². The summed E-state index contributed by atoms with van der Waals surface area (Å²) in [6, 6.07) is 12.3. The van der Waals surface area contributed by atoms with Crippen molar-refractivity contribution in [2.45, 2.75) is 0 Å². The number of ether oxygens (including phenoxy) is 2. The second kappa shape index (κ2) is 6.39. The molecule has 1 N–H and O–H groups in total. The van der Waals surface area contributed by atoms with E-state index in [1.54, 1.807) is 6.07 Å². The van der Waals surface area contributed by atoms with Crippen LogP contribution in [0.5, 0.6) is 11.6 Å². The summed E-state index contributed by atoms with van der Waals surface area (Å²) in [5.41, 5.74) is 0.0437. The van der Waals surface area contributed by atoms with Crippen molar-refractivity contribution in [3.63, 3.8) is 0 Å². The number of carboxylic acids is 1. The van der Waals surface area contributed by atoms with E-state index in [4.69, 9.17) is 14.6 Å². The summed E-state index contributed by atoms with van der Waals surface area (Å²) in [7, 11) is 0. The average Bonchev–Trinajstić information content (AvgIpc) is 2.45. The van der Waals surface area contributed by atoms with Crippen LogP contribution in [-0.4, -0.2) is 29.3 Å². The van der Waals surface area contributed by atoms with Gasteiger partial charge in [0.25, 0.3) is 0 Å². The lowest BCUT2D eigenvalue weighted by molar-refractivity contribution is 0.0690. The number of carboxylic acid groups (broad SMARTS) is 1. The highest BCUT2D eigenvalue weighted by molar-refractivity contribution is 5.90. The van der Waals surface area contributed by atoms with Gasteiger partial charge in [-0.15, -0.1) is 0 Å². The molecule has 0 aliphatic rings. The number of hydrogen-bond donors (Lipinski definition) is 1. The van der Waals surface area contributed by atoms with Gasteiger partial charge < -0.3 is 14.6 Å². The van der Waals surface area contributed by atoms with Gasteiger partial charge in [0.1, 0.15) is 24.5 Å². The molecule has 19 heavy (non-hydrogen) atoms. The zero-order valence-electron chi connectivity index (χ0n) is 10.2. The highest BCUT2D eigenvalue weighted by Gasteiger charge is 2.11. The predicted octanol–water partition coefficient (Wildman–Crippen LogP) is 2.24. The molecule has 0 bridgehead atoms. The maximum absolute atomic E-state index is 10.9. The van der Waals surface area contributed by atoms with Gasteiger partial charge in [-0.3, -0.25) is 0 Å². The fourth-order valence-electron chi connectivity index (χ4n) is 1.48. The first-order valence-electron chi connectivity index (χ1n) is 5.76. The van der Waals surface area contributed by atoms with Crippen molar-refractivity contribution in [1.82, 2.24) is 4.98 Å². The minimum absolute atomic E-state index is 0.0437. The van der Waals surface area contributed by atoms with Crippen LogP contribution in [0.3, 0.4) is 0 Å². The standard InChI is InChI=1S/C14H13NO4/c16-14(17)12-7-4-8-15-13(12)19-10-9-18-11-5-2-1-3-6-11/h1-8H,9-10H2,(H,16,17). The molecular formula is C14H13NO4. The number of para-hydroxylation sites is 1. The van der Waals surface area contributed by atoms with E-state index in [2.05, 4.69) is 4.98 Å². The third-order valence-corrected chi connectivity index (χ3v) is 2.34. The van der Waals surface area contributed by atoms with Gasteiger partial charge in [0, 0.05) is 6.20 Å². The predicted molar refractivity (Wildman–Crippen MR) is 68.6 cm³/mol. The Bertz CT molecular complexity index is 542. The Morgan fingerprint density at radius 3 is 2.53 bits per heavy atom. The van der Waals surface area contributed by atoms with Gasteiger partial charge in [-0.2, -0.15) is 0 Å². The molecule has 0 atom stereocenters. The molecule has 0 unspecified atom stereocenters. The first kappa shape index (κ1) is 12.9. The molecule has 1 heterocycles. The Hall–Kier alpha value is -2.56. The minimum atomic E-state index is -1.06. The lowest BCUT2D eigenvalue weighted by Crippen LogP contribution is -2.12. The second-order valence-electron chi connectivity index (χ2n) is 3.67. The summed E-state index contributed by atoms with van der Waals surface area (Å²) in [6.45, 7) is 0.547. The number of benzene rings is 1. The van der Waals surface area contributed by atoms with Crippen molar-refractivity contribution in [2.24, 2.45) is 0 Å². The number of aromatic nitrogens is 1. The number of hydrogen-bond acceptors (Lipinski definition) is 4. The third-order valence-electron chi connectivity index (χ3n) is 2.34. The molecule has 0 aliphatic carbocycles. The molecule has 0 spiro atoms.